The van der Waals surface area contributed by atoms with E-state index in [1.54, 1.807) is 18.3 Å². The van der Waals surface area contributed by atoms with Crippen LogP contribution in [0.3, 0.4) is 0 Å². The first-order valence-corrected chi connectivity index (χ1v) is 6.53. The molecule has 4 nitrogen and oxygen atoms in total. The summed E-state index contributed by atoms with van der Waals surface area (Å²) < 4.78 is 4.70. The molecule has 1 N–H and O–H groups in total. The first kappa shape index (κ1) is 12.9. The lowest BCUT2D eigenvalue weighted by Gasteiger charge is -2.17. The minimum atomic E-state index is -0.323. The molecule has 0 aliphatic heterocycles. The van der Waals surface area contributed by atoms with Crippen LogP contribution in [-0.2, 0) is 4.74 Å². The smallest absolute Gasteiger partial charge is 0.338 e. The summed E-state index contributed by atoms with van der Waals surface area (Å²) in [4.78, 5) is 15.7. The van der Waals surface area contributed by atoms with E-state index in [2.05, 4.69) is 17.2 Å². The van der Waals surface area contributed by atoms with Crippen LogP contribution in [0.15, 0.2) is 18.3 Å². The number of aromatic nitrogens is 1. The van der Waals surface area contributed by atoms with Gasteiger partial charge in [0.15, 0.2) is 0 Å². The lowest BCUT2D eigenvalue weighted by molar-refractivity contribution is 0.0600. The van der Waals surface area contributed by atoms with Crippen molar-refractivity contribution >= 4 is 11.8 Å². The highest BCUT2D eigenvalue weighted by Gasteiger charge is 2.24. The van der Waals surface area contributed by atoms with E-state index in [1.165, 1.54) is 26.4 Å². The minimum Gasteiger partial charge on any atom is -0.465 e. The molecule has 0 spiro atoms. The molecule has 1 heterocycles. The van der Waals surface area contributed by atoms with Gasteiger partial charge in [0, 0.05) is 12.2 Å². The Morgan fingerprint density at radius 2 is 2.39 bits per heavy atom. The summed E-state index contributed by atoms with van der Waals surface area (Å²) in [7, 11) is 1.39. The molecule has 0 saturated heterocycles. The number of pyridine rings is 1. The molecule has 1 saturated carbocycles. The largest absolute Gasteiger partial charge is 0.465 e. The van der Waals surface area contributed by atoms with Crippen LogP contribution in [0.4, 0.5) is 5.82 Å². The van der Waals surface area contributed by atoms with E-state index < -0.39 is 0 Å². The Morgan fingerprint density at radius 3 is 3.00 bits per heavy atom. The van der Waals surface area contributed by atoms with Crippen LogP contribution in [0, 0.1) is 5.92 Å². The number of nitrogens with zero attached hydrogens (tertiary/aromatic N) is 1. The summed E-state index contributed by atoms with van der Waals surface area (Å²) in [6.07, 6.45) is 6.61. The summed E-state index contributed by atoms with van der Waals surface area (Å²) in [5.41, 5.74) is 0.538. The maximum atomic E-state index is 11.4. The first-order valence-electron chi connectivity index (χ1n) is 6.53. The SMILES string of the molecule is CCC(CC1CC1)Nc1cc(C(=O)OC)ccn1. The maximum Gasteiger partial charge on any atom is 0.338 e. The van der Waals surface area contributed by atoms with Gasteiger partial charge in [-0.3, -0.25) is 0 Å². The second-order valence-corrected chi connectivity index (χ2v) is 4.85. The number of ether oxygens (including phenoxy) is 1. The van der Waals surface area contributed by atoms with E-state index in [-0.39, 0.29) is 5.97 Å². The third-order valence-corrected chi connectivity index (χ3v) is 3.34. The monoisotopic (exact) mass is 248 g/mol. The Hall–Kier alpha value is -1.58. The van der Waals surface area contributed by atoms with Crippen molar-refractivity contribution < 1.29 is 9.53 Å². The second kappa shape index (κ2) is 5.85. The van der Waals surface area contributed by atoms with Gasteiger partial charge < -0.3 is 10.1 Å². The Morgan fingerprint density at radius 1 is 1.61 bits per heavy atom. The molecular weight excluding hydrogens is 228 g/mol. The number of hydrogen-bond donors (Lipinski definition) is 1. The Balaban J connectivity index is 2.00. The molecule has 1 aromatic heterocycles. The van der Waals surface area contributed by atoms with Crippen LogP contribution in [0.25, 0.3) is 0 Å². The van der Waals surface area contributed by atoms with E-state index in [0.29, 0.717) is 11.6 Å². The number of methoxy groups -OCH3 is 1. The number of esters is 1. The first-order chi connectivity index (χ1) is 8.72. The summed E-state index contributed by atoms with van der Waals surface area (Å²) in [6, 6.07) is 3.86. The van der Waals surface area contributed by atoms with Gasteiger partial charge in [-0.2, -0.15) is 0 Å². The molecule has 2 rings (SSSR count). The summed E-state index contributed by atoms with van der Waals surface area (Å²) in [5, 5.41) is 3.40. The van der Waals surface area contributed by atoms with Crippen LogP contribution in [0.5, 0.6) is 0 Å². The molecule has 1 atom stereocenters. The van der Waals surface area contributed by atoms with E-state index in [0.717, 1.165) is 18.2 Å². The molecule has 4 heteroatoms. The zero-order chi connectivity index (χ0) is 13.0. The molecule has 98 valence electrons. The molecule has 1 fully saturated rings. The number of rotatable bonds is 6. The molecule has 1 unspecified atom stereocenters. The van der Waals surface area contributed by atoms with Gasteiger partial charge in [-0.05, 0) is 30.9 Å². The standard InChI is InChI=1S/C14H20N2O2/c1-3-12(8-10-4-5-10)16-13-9-11(6-7-15-13)14(17)18-2/h6-7,9-10,12H,3-5,8H2,1-2H3,(H,15,16). The highest BCUT2D eigenvalue weighted by molar-refractivity contribution is 5.89. The number of hydrogen-bond acceptors (Lipinski definition) is 4. The average Bonchev–Trinajstić information content (AvgIpc) is 3.21. The topological polar surface area (TPSA) is 51.2 Å². The Kier molecular flexibility index (Phi) is 4.18. The zero-order valence-corrected chi connectivity index (χ0v) is 11.0. The highest BCUT2D eigenvalue weighted by atomic mass is 16.5. The average molecular weight is 248 g/mol. The predicted octanol–water partition coefficient (Wildman–Crippen LogP) is 2.86. The molecule has 0 bridgehead atoms. The van der Waals surface area contributed by atoms with Gasteiger partial charge in [-0.15, -0.1) is 0 Å². The van der Waals surface area contributed by atoms with Crippen molar-refractivity contribution in [2.45, 2.75) is 38.6 Å². The number of carbonyl (C=O) groups is 1. The fourth-order valence-electron chi connectivity index (χ4n) is 2.05. The van der Waals surface area contributed by atoms with Crippen molar-refractivity contribution in [3.05, 3.63) is 23.9 Å². The van der Waals surface area contributed by atoms with Crippen LogP contribution < -0.4 is 5.32 Å². The maximum absolute atomic E-state index is 11.4. The fourth-order valence-corrected chi connectivity index (χ4v) is 2.05. The summed E-state index contributed by atoms with van der Waals surface area (Å²) in [5.74, 6) is 1.31. The second-order valence-electron chi connectivity index (χ2n) is 4.85. The molecule has 1 aliphatic carbocycles. The van der Waals surface area contributed by atoms with Gasteiger partial charge in [0.2, 0.25) is 0 Å². The third-order valence-electron chi connectivity index (χ3n) is 3.34. The molecule has 0 aromatic carbocycles. The zero-order valence-electron chi connectivity index (χ0n) is 11.0. The number of anilines is 1. The van der Waals surface area contributed by atoms with Crippen LogP contribution in [0.2, 0.25) is 0 Å². The van der Waals surface area contributed by atoms with Gasteiger partial charge in [0.05, 0.1) is 12.7 Å². The Labute approximate surface area is 108 Å². The van der Waals surface area contributed by atoms with E-state index in [4.69, 9.17) is 4.74 Å². The van der Waals surface area contributed by atoms with Crippen molar-refractivity contribution in [3.8, 4) is 0 Å². The van der Waals surface area contributed by atoms with E-state index in [1.807, 2.05) is 0 Å². The van der Waals surface area contributed by atoms with Crippen molar-refractivity contribution in [1.82, 2.24) is 4.98 Å². The van der Waals surface area contributed by atoms with Crippen molar-refractivity contribution in [2.75, 3.05) is 12.4 Å². The van der Waals surface area contributed by atoms with Gasteiger partial charge in [-0.25, -0.2) is 9.78 Å². The van der Waals surface area contributed by atoms with Crippen LogP contribution >= 0.6 is 0 Å². The molecule has 18 heavy (non-hydrogen) atoms. The quantitative estimate of drug-likeness (QED) is 0.786. The number of carbonyl (C=O) groups excluding carboxylic acids is 1. The number of nitrogens with one attached hydrogen (secondary N) is 1. The minimum absolute atomic E-state index is 0.323. The van der Waals surface area contributed by atoms with Crippen LogP contribution in [-0.4, -0.2) is 24.1 Å². The fraction of sp³-hybridized carbons (Fsp3) is 0.571. The van der Waals surface area contributed by atoms with Crippen LogP contribution in [0.1, 0.15) is 43.0 Å². The van der Waals surface area contributed by atoms with Gasteiger partial charge in [-0.1, -0.05) is 19.8 Å². The van der Waals surface area contributed by atoms with Crippen molar-refractivity contribution in [2.24, 2.45) is 5.92 Å². The lowest BCUT2D eigenvalue weighted by Crippen LogP contribution is -2.20. The predicted molar refractivity (Wildman–Crippen MR) is 70.6 cm³/mol. The van der Waals surface area contributed by atoms with Crippen molar-refractivity contribution in [3.63, 3.8) is 0 Å². The normalized spacial score (nSPS) is 16.1. The van der Waals surface area contributed by atoms with Gasteiger partial charge >= 0.3 is 5.97 Å². The Bertz CT molecular complexity index is 416. The van der Waals surface area contributed by atoms with Gasteiger partial charge in [0.25, 0.3) is 0 Å². The lowest BCUT2D eigenvalue weighted by atomic mass is 10.1. The molecular formula is C14H20N2O2. The third kappa shape index (κ3) is 3.45. The van der Waals surface area contributed by atoms with E-state index in [9.17, 15) is 4.79 Å². The molecule has 0 amide bonds. The summed E-state index contributed by atoms with van der Waals surface area (Å²) >= 11 is 0. The molecule has 1 aliphatic rings. The van der Waals surface area contributed by atoms with E-state index >= 15 is 0 Å². The molecule has 0 radical (unpaired) electrons. The highest BCUT2D eigenvalue weighted by Crippen LogP contribution is 2.34. The summed E-state index contributed by atoms with van der Waals surface area (Å²) in [6.45, 7) is 2.17. The van der Waals surface area contributed by atoms with Gasteiger partial charge in [0.1, 0.15) is 5.82 Å². The molecule has 1 aromatic rings. The van der Waals surface area contributed by atoms with Crippen molar-refractivity contribution in [1.29, 1.82) is 0 Å².